The van der Waals surface area contributed by atoms with Gasteiger partial charge in [-0.3, -0.25) is 14.6 Å². The van der Waals surface area contributed by atoms with E-state index < -0.39 is 52.5 Å². The second-order valence-corrected chi connectivity index (χ2v) is 13.0. The fourth-order valence-electron chi connectivity index (χ4n) is 6.82. The molecule has 8 nitrogen and oxygen atoms in total. The number of para-hydroxylation sites is 2. The molecule has 0 spiro atoms. The number of hydrogen-bond acceptors (Lipinski definition) is 6. The van der Waals surface area contributed by atoms with Gasteiger partial charge in [0.2, 0.25) is 5.60 Å². The summed E-state index contributed by atoms with van der Waals surface area (Å²) in [6, 6.07) is 11.1. The molecule has 2 aromatic carbocycles. The molecule has 0 saturated carbocycles. The van der Waals surface area contributed by atoms with Gasteiger partial charge in [-0.25, -0.2) is 0 Å². The lowest BCUT2D eigenvalue weighted by Crippen LogP contribution is -2.69. The number of pyridine rings is 1. The van der Waals surface area contributed by atoms with Crippen LogP contribution in [0.1, 0.15) is 61.0 Å². The number of hydrogen-bond donors (Lipinski definition) is 0. The minimum atomic E-state index is -4.85. The summed E-state index contributed by atoms with van der Waals surface area (Å²) < 4.78 is 94.6. The van der Waals surface area contributed by atoms with Crippen molar-refractivity contribution >= 4 is 17.5 Å². The number of carbonyl (C=O) groups is 2. The maximum Gasteiger partial charge on any atom is 0.417 e. The molecule has 3 heterocycles. The Bertz CT molecular complexity index is 1640. The lowest BCUT2D eigenvalue weighted by atomic mass is 9.78. The fourth-order valence-corrected chi connectivity index (χ4v) is 6.82. The second-order valence-electron chi connectivity index (χ2n) is 13.0. The Balaban J connectivity index is 1.55. The van der Waals surface area contributed by atoms with Crippen LogP contribution in [0.4, 0.5) is 32.0 Å². The number of anilines is 1. The van der Waals surface area contributed by atoms with Crippen LogP contribution >= 0.6 is 0 Å². The summed E-state index contributed by atoms with van der Waals surface area (Å²) in [6.07, 6.45) is -6.67. The number of piperidine rings is 1. The normalized spacial score (nSPS) is 20.2. The van der Waals surface area contributed by atoms with Crippen LogP contribution in [-0.4, -0.2) is 78.1 Å². The zero-order valence-corrected chi connectivity index (χ0v) is 28.1. The van der Waals surface area contributed by atoms with E-state index in [1.807, 2.05) is 38.1 Å². The smallest absolute Gasteiger partial charge is 0.417 e. The van der Waals surface area contributed by atoms with Crippen LogP contribution < -0.4 is 14.4 Å². The predicted molar refractivity (Wildman–Crippen MR) is 174 cm³/mol. The van der Waals surface area contributed by atoms with Gasteiger partial charge in [0, 0.05) is 51.5 Å². The molecule has 2 aliphatic heterocycles. The molecule has 50 heavy (non-hydrogen) atoms. The highest BCUT2D eigenvalue weighted by Crippen LogP contribution is 2.41. The summed E-state index contributed by atoms with van der Waals surface area (Å²) in [5.74, 6) is -0.710. The second kappa shape index (κ2) is 14.8. The lowest BCUT2D eigenvalue weighted by molar-refractivity contribution is -0.160. The van der Waals surface area contributed by atoms with Crippen molar-refractivity contribution in [1.82, 2.24) is 14.8 Å². The van der Waals surface area contributed by atoms with Gasteiger partial charge in [-0.1, -0.05) is 26.0 Å². The van der Waals surface area contributed by atoms with Crippen molar-refractivity contribution in [2.75, 3.05) is 44.7 Å². The molecule has 0 aliphatic carbocycles. The van der Waals surface area contributed by atoms with E-state index in [2.05, 4.69) is 9.88 Å². The molecule has 2 amide bonds. The van der Waals surface area contributed by atoms with Crippen molar-refractivity contribution in [2.45, 2.75) is 63.5 Å². The van der Waals surface area contributed by atoms with Gasteiger partial charge in [-0.15, -0.1) is 0 Å². The average molecular weight is 707 g/mol. The highest BCUT2D eigenvalue weighted by Gasteiger charge is 2.56. The number of methoxy groups -OCH3 is 1. The highest BCUT2D eigenvalue weighted by molar-refractivity contribution is 5.97. The summed E-state index contributed by atoms with van der Waals surface area (Å²) in [5.41, 5.74) is -3.68. The van der Waals surface area contributed by atoms with Crippen LogP contribution in [0.25, 0.3) is 0 Å². The number of piperazine rings is 1. The molecule has 2 atom stereocenters. The Morgan fingerprint density at radius 1 is 0.920 bits per heavy atom. The first-order valence-electron chi connectivity index (χ1n) is 16.5. The van der Waals surface area contributed by atoms with Crippen LogP contribution in [0, 0.1) is 5.92 Å². The maximum absolute atomic E-state index is 14.9. The van der Waals surface area contributed by atoms with Gasteiger partial charge >= 0.3 is 12.4 Å². The van der Waals surface area contributed by atoms with E-state index >= 15 is 0 Å². The largest absolute Gasteiger partial charge is 0.495 e. The molecule has 3 aromatic rings. The lowest BCUT2D eigenvalue weighted by Gasteiger charge is -2.51. The summed E-state index contributed by atoms with van der Waals surface area (Å²) in [4.78, 5) is 37.8. The number of benzene rings is 2. The number of amides is 2. The topological polar surface area (TPSA) is 75.2 Å². The standard InChI is InChI=1S/C36H40F6N4O4/c1-24(2)9-14-31-34(50-26-12-10-25(11-13-26)35(37,38)39,16-6-18-46(31)32(47)27-23-43-17-15-28(27)36(40,41)42)33(48)45-21-19-44(20-22-45)29-7-4-5-8-30(29)49-3/h4-5,7-8,10-13,15,17,23-24,31H,6,9,14,16,18-22H2,1-3H3. The molecular formula is C36H40F6N4O4. The van der Waals surface area contributed by atoms with E-state index in [-0.39, 0.29) is 50.6 Å². The van der Waals surface area contributed by atoms with Crippen molar-refractivity contribution < 1.29 is 45.4 Å². The van der Waals surface area contributed by atoms with Gasteiger partial charge < -0.3 is 24.2 Å². The first kappa shape index (κ1) is 36.8. The Hall–Kier alpha value is -4.49. The van der Waals surface area contributed by atoms with E-state index in [4.69, 9.17) is 9.47 Å². The molecule has 2 fully saturated rings. The molecule has 0 radical (unpaired) electrons. The van der Waals surface area contributed by atoms with E-state index in [1.165, 1.54) is 4.90 Å². The van der Waals surface area contributed by atoms with E-state index in [0.717, 1.165) is 48.4 Å². The SMILES string of the molecule is COc1ccccc1N1CCN(C(=O)C2(Oc3ccc(C(F)(F)F)cc3)CCCN(C(=O)c3cnccc3C(F)(F)F)C2CCC(C)C)CC1. The highest BCUT2D eigenvalue weighted by atomic mass is 19.4. The fraction of sp³-hybridized carbons (Fsp3) is 0.472. The number of carbonyl (C=O) groups excluding carboxylic acids is 2. The van der Waals surface area contributed by atoms with Crippen molar-refractivity contribution in [1.29, 1.82) is 0 Å². The van der Waals surface area contributed by atoms with Gasteiger partial charge in [-0.2, -0.15) is 26.3 Å². The van der Waals surface area contributed by atoms with Gasteiger partial charge in [-0.05, 0) is 67.6 Å². The van der Waals surface area contributed by atoms with Crippen molar-refractivity contribution in [2.24, 2.45) is 5.92 Å². The number of alkyl halides is 6. The molecule has 2 unspecified atom stereocenters. The van der Waals surface area contributed by atoms with Gasteiger partial charge in [0.15, 0.2) is 0 Å². The van der Waals surface area contributed by atoms with Crippen LogP contribution in [0.2, 0.25) is 0 Å². The Morgan fingerprint density at radius 2 is 1.60 bits per heavy atom. The number of rotatable bonds is 9. The van der Waals surface area contributed by atoms with Crippen molar-refractivity contribution in [3.8, 4) is 11.5 Å². The molecule has 0 N–H and O–H groups in total. The average Bonchev–Trinajstić information content (AvgIpc) is 3.09. The zero-order chi connectivity index (χ0) is 36.3. The first-order chi connectivity index (χ1) is 23.7. The number of ether oxygens (including phenoxy) is 2. The molecule has 14 heteroatoms. The van der Waals surface area contributed by atoms with Crippen LogP contribution in [0.5, 0.6) is 11.5 Å². The Morgan fingerprint density at radius 3 is 2.22 bits per heavy atom. The minimum absolute atomic E-state index is 0.0276. The third kappa shape index (κ3) is 7.78. The Labute approximate surface area is 287 Å². The van der Waals surface area contributed by atoms with Crippen LogP contribution in [-0.2, 0) is 17.1 Å². The summed E-state index contributed by atoms with van der Waals surface area (Å²) in [5, 5.41) is 0. The number of nitrogens with zero attached hydrogens (tertiary/aromatic N) is 4. The van der Waals surface area contributed by atoms with Crippen LogP contribution in [0.15, 0.2) is 67.0 Å². The quantitative estimate of drug-likeness (QED) is 0.217. The van der Waals surface area contributed by atoms with Gasteiger partial charge in [0.25, 0.3) is 11.8 Å². The predicted octanol–water partition coefficient (Wildman–Crippen LogP) is 7.34. The van der Waals surface area contributed by atoms with Crippen LogP contribution in [0.3, 0.4) is 0 Å². The molecular weight excluding hydrogens is 666 g/mol. The third-order valence-electron chi connectivity index (χ3n) is 9.33. The number of halogens is 6. The molecule has 0 bridgehead atoms. The number of likely N-dealkylation sites (tertiary alicyclic amines) is 1. The summed E-state index contributed by atoms with van der Waals surface area (Å²) in [6.45, 7) is 5.27. The Kier molecular flexibility index (Phi) is 10.9. The van der Waals surface area contributed by atoms with E-state index in [9.17, 15) is 35.9 Å². The van der Waals surface area contributed by atoms with Gasteiger partial charge in [0.1, 0.15) is 11.5 Å². The molecule has 1 aromatic heterocycles. The number of aromatic nitrogens is 1. The molecule has 5 rings (SSSR count). The third-order valence-corrected chi connectivity index (χ3v) is 9.33. The molecule has 2 aliphatic rings. The minimum Gasteiger partial charge on any atom is -0.495 e. The zero-order valence-electron chi connectivity index (χ0n) is 28.1. The summed E-state index contributed by atoms with van der Waals surface area (Å²) in [7, 11) is 1.57. The van der Waals surface area contributed by atoms with E-state index in [1.54, 1.807) is 12.0 Å². The summed E-state index contributed by atoms with van der Waals surface area (Å²) >= 11 is 0. The first-order valence-corrected chi connectivity index (χ1v) is 16.5. The molecule has 2 saturated heterocycles. The van der Waals surface area contributed by atoms with Crippen molar-refractivity contribution in [3.05, 3.63) is 83.7 Å². The molecule has 270 valence electrons. The monoisotopic (exact) mass is 706 g/mol. The van der Waals surface area contributed by atoms with Crippen molar-refractivity contribution in [3.63, 3.8) is 0 Å². The maximum atomic E-state index is 14.9. The van der Waals surface area contributed by atoms with Gasteiger partial charge in [0.05, 0.1) is 35.5 Å². The van der Waals surface area contributed by atoms with E-state index in [0.29, 0.717) is 25.3 Å².